The summed E-state index contributed by atoms with van der Waals surface area (Å²) in [5.74, 6) is 0.216. The van der Waals surface area contributed by atoms with Crippen molar-refractivity contribution in [3.63, 3.8) is 0 Å². The first-order valence-corrected chi connectivity index (χ1v) is 10.4. The van der Waals surface area contributed by atoms with Crippen molar-refractivity contribution in [2.45, 2.75) is 31.1 Å². The van der Waals surface area contributed by atoms with E-state index in [2.05, 4.69) is 21.5 Å². The number of rotatable bonds is 7. The van der Waals surface area contributed by atoms with E-state index in [1.807, 2.05) is 13.1 Å². The summed E-state index contributed by atoms with van der Waals surface area (Å²) in [5.41, 5.74) is 2.40. The summed E-state index contributed by atoms with van der Waals surface area (Å²) in [6, 6.07) is 8.21. The van der Waals surface area contributed by atoms with Gasteiger partial charge < -0.3 is 9.80 Å². The highest BCUT2D eigenvalue weighted by Gasteiger charge is 2.26. The summed E-state index contributed by atoms with van der Waals surface area (Å²) in [6.07, 6.45) is 4.06. The maximum Gasteiger partial charge on any atom is 0.263 e. The number of hydrogen-bond donors (Lipinski definition) is 1. The molecule has 7 nitrogen and oxygen atoms in total. The smallest absolute Gasteiger partial charge is 0.263 e. The fraction of sp³-hybridized carbons (Fsp3) is 0.368. The molecule has 1 aliphatic heterocycles. The molecule has 0 aliphatic carbocycles. The number of carbonyl (C=O) groups is 1. The van der Waals surface area contributed by atoms with Crippen molar-refractivity contribution in [1.82, 2.24) is 4.98 Å². The lowest BCUT2D eigenvalue weighted by Crippen LogP contribution is -2.20. The maximum absolute atomic E-state index is 12.7. The molecule has 1 aromatic heterocycles. The second-order valence-corrected chi connectivity index (χ2v) is 8.38. The Balaban J connectivity index is 1.75. The molecule has 1 aromatic carbocycles. The number of sulfonamides is 1. The molecule has 0 spiro atoms. The Morgan fingerprint density at radius 1 is 1.26 bits per heavy atom. The van der Waals surface area contributed by atoms with Gasteiger partial charge in [-0.25, -0.2) is 13.4 Å². The van der Waals surface area contributed by atoms with E-state index < -0.39 is 10.0 Å². The van der Waals surface area contributed by atoms with Gasteiger partial charge in [-0.05, 0) is 42.3 Å². The van der Waals surface area contributed by atoms with Crippen molar-refractivity contribution in [2.75, 3.05) is 35.2 Å². The van der Waals surface area contributed by atoms with E-state index >= 15 is 0 Å². The van der Waals surface area contributed by atoms with Gasteiger partial charge in [0.15, 0.2) is 0 Å². The number of likely N-dealkylation sites (N-methyl/N-ethyl adjacent to an activating group) is 1. The van der Waals surface area contributed by atoms with E-state index in [-0.39, 0.29) is 23.0 Å². The minimum absolute atomic E-state index is 0.0445. The van der Waals surface area contributed by atoms with Crippen molar-refractivity contribution in [2.24, 2.45) is 0 Å². The fourth-order valence-electron chi connectivity index (χ4n) is 3.01. The zero-order valence-corrected chi connectivity index (χ0v) is 16.6. The summed E-state index contributed by atoms with van der Waals surface area (Å²) < 4.78 is 27.8. The van der Waals surface area contributed by atoms with Crippen LogP contribution in [0.4, 0.5) is 17.2 Å². The van der Waals surface area contributed by atoms with E-state index in [4.69, 9.17) is 0 Å². The highest BCUT2D eigenvalue weighted by atomic mass is 32.2. The van der Waals surface area contributed by atoms with Crippen LogP contribution in [-0.4, -0.2) is 39.9 Å². The highest BCUT2D eigenvalue weighted by molar-refractivity contribution is 7.92. The summed E-state index contributed by atoms with van der Waals surface area (Å²) in [6.45, 7) is 3.06. The second kappa shape index (κ2) is 7.56. The predicted molar refractivity (Wildman–Crippen MR) is 107 cm³/mol. The third-order valence-electron chi connectivity index (χ3n) is 4.71. The molecule has 8 heteroatoms. The SMILES string of the molecule is CCCCN(C)c1ccc(NS(=O)(=O)c2ccc3c(c2)CC(=O)N3C)nc1. The molecule has 1 N–H and O–H groups in total. The average Bonchev–Trinajstić information content (AvgIpc) is 2.93. The van der Waals surface area contributed by atoms with Gasteiger partial charge >= 0.3 is 0 Å². The summed E-state index contributed by atoms with van der Waals surface area (Å²) in [5, 5.41) is 0. The van der Waals surface area contributed by atoms with Crippen LogP contribution in [0.2, 0.25) is 0 Å². The minimum atomic E-state index is -3.77. The van der Waals surface area contributed by atoms with Gasteiger partial charge in [0.05, 0.1) is 23.2 Å². The Labute approximate surface area is 160 Å². The van der Waals surface area contributed by atoms with E-state index in [1.165, 1.54) is 11.0 Å². The number of fused-ring (bicyclic) bond motifs is 1. The molecule has 0 saturated heterocycles. The van der Waals surface area contributed by atoms with Crippen LogP contribution in [0.15, 0.2) is 41.4 Å². The van der Waals surface area contributed by atoms with Gasteiger partial charge in [-0.1, -0.05) is 13.3 Å². The van der Waals surface area contributed by atoms with E-state index in [9.17, 15) is 13.2 Å². The molecular weight excluding hydrogens is 364 g/mol. The largest absolute Gasteiger partial charge is 0.373 e. The van der Waals surface area contributed by atoms with Gasteiger partial charge in [0.1, 0.15) is 5.82 Å². The van der Waals surface area contributed by atoms with Crippen LogP contribution in [0.5, 0.6) is 0 Å². The first kappa shape index (κ1) is 19.2. The Bertz CT molecular complexity index is 942. The Kier molecular flexibility index (Phi) is 5.36. The summed E-state index contributed by atoms with van der Waals surface area (Å²) in [7, 11) is -0.103. The summed E-state index contributed by atoms with van der Waals surface area (Å²) >= 11 is 0. The zero-order valence-electron chi connectivity index (χ0n) is 15.8. The molecule has 2 aromatic rings. The number of hydrogen-bond acceptors (Lipinski definition) is 5. The van der Waals surface area contributed by atoms with Gasteiger partial charge in [0, 0.05) is 26.3 Å². The molecule has 3 rings (SSSR count). The lowest BCUT2D eigenvalue weighted by Gasteiger charge is -2.18. The Morgan fingerprint density at radius 3 is 2.70 bits per heavy atom. The van der Waals surface area contributed by atoms with Crippen molar-refractivity contribution >= 4 is 33.1 Å². The Morgan fingerprint density at radius 2 is 2.04 bits per heavy atom. The van der Waals surface area contributed by atoms with Crippen molar-refractivity contribution < 1.29 is 13.2 Å². The average molecular weight is 388 g/mol. The quantitative estimate of drug-likeness (QED) is 0.788. The van der Waals surface area contributed by atoms with Crippen LogP contribution in [0.25, 0.3) is 0 Å². The molecular formula is C19H24N4O3S. The van der Waals surface area contributed by atoms with E-state index in [0.29, 0.717) is 5.56 Å². The maximum atomic E-state index is 12.7. The molecule has 0 atom stereocenters. The number of benzene rings is 1. The van der Waals surface area contributed by atoms with Crippen LogP contribution in [0.3, 0.4) is 0 Å². The standard InChI is InChI=1S/C19H24N4O3S/c1-4-5-10-22(2)15-6-9-18(20-13-15)21-27(25,26)16-7-8-17-14(11-16)12-19(24)23(17)3/h6-9,11,13H,4-5,10,12H2,1-3H3,(H,20,21). The highest BCUT2D eigenvalue weighted by Crippen LogP contribution is 2.30. The summed E-state index contributed by atoms with van der Waals surface area (Å²) in [4.78, 5) is 19.7. The van der Waals surface area contributed by atoms with Crippen LogP contribution in [0.1, 0.15) is 25.3 Å². The molecule has 0 bridgehead atoms. The molecule has 144 valence electrons. The topological polar surface area (TPSA) is 82.6 Å². The molecule has 0 radical (unpaired) electrons. The number of pyridine rings is 1. The third-order valence-corrected chi connectivity index (χ3v) is 6.07. The van der Waals surface area contributed by atoms with Gasteiger partial charge in [-0.2, -0.15) is 0 Å². The zero-order chi connectivity index (χ0) is 19.6. The van der Waals surface area contributed by atoms with Crippen molar-refractivity contribution in [1.29, 1.82) is 0 Å². The van der Waals surface area contributed by atoms with Gasteiger partial charge in [0.25, 0.3) is 10.0 Å². The number of nitrogens with zero attached hydrogens (tertiary/aromatic N) is 3. The van der Waals surface area contributed by atoms with Crippen LogP contribution >= 0.6 is 0 Å². The minimum Gasteiger partial charge on any atom is -0.373 e. The first-order valence-electron chi connectivity index (χ1n) is 8.91. The van der Waals surface area contributed by atoms with Crippen molar-refractivity contribution in [3.8, 4) is 0 Å². The van der Waals surface area contributed by atoms with Crippen LogP contribution < -0.4 is 14.5 Å². The number of carbonyl (C=O) groups excluding carboxylic acids is 1. The van der Waals surface area contributed by atoms with Gasteiger partial charge in [-0.15, -0.1) is 0 Å². The van der Waals surface area contributed by atoms with Crippen LogP contribution in [-0.2, 0) is 21.2 Å². The normalized spacial score (nSPS) is 13.6. The number of aromatic nitrogens is 1. The predicted octanol–water partition coefficient (Wildman–Crippen LogP) is 2.64. The van der Waals surface area contributed by atoms with E-state index in [1.54, 1.807) is 31.4 Å². The molecule has 0 saturated carbocycles. The molecule has 1 amide bonds. The van der Waals surface area contributed by atoms with Crippen molar-refractivity contribution in [3.05, 3.63) is 42.1 Å². The second-order valence-electron chi connectivity index (χ2n) is 6.70. The molecule has 0 unspecified atom stereocenters. The number of amides is 1. The van der Waals surface area contributed by atoms with E-state index in [0.717, 1.165) is 30.8 Å². The number of unbranched alkanes of at least 4 members (excludes halogenated alkanes) is 1. The van der Waals surface area contributed by atoms with Gasteiger partial charge in [0.2, 0.25) is 5.91 Å². The lowest BCUT2D eigenvalue weighted by molar-refractivity contribution is -0.117. The molecule has 1 aliphatic rings. The Hall–Kier alpha value is -2.61. The fourth-order valence-corrected chi connectivity index (χ4v) is 4.07. The lowest BCUT2D eigenvalue weighted by atomic mass is 10.2. The molecule has 27 heavy (non-hydrogen) atoms. The van der Waals surface area contributed by atoms with Gasteiger partial charge in [-0.3, -0.25) is 9.52 Å². The molecule has 2 heterocycles. The number of nitrogens with one attached hydrogen (secondary N) is 1. The number of anilines is 3. The van der Waals surface area contributed by atoms with Crippen LogP contribution in [0, 0.1) is 0 Å². The molecule has 0 fully saturated rings. The third kappa shape index (κ3) is 4.05. The first-order chi connectivity index (χ1) is 12.8. The monoisotopic (exact) mass is 388 g/mol.